The number of pyridine rings is 1. The molecule has 4 heterocycles. The number of benzene rings is 1. The molecule has 0 fully saturated rings. The molecule has 3 aromatic heterocycles. The molecule has 5 rings (SSSR count). The van der Waals surface area contributed by atoms with Crippen LogP contribution in [0.5, 0.6) is 0 Å². The Hall–Kier alpha value is -3.56. The molecular weight excluding hydrogens is 454 g/mol. The highest BCUT2D eigenvalue weighted by Crippen LogP contribution is 2.25. The second-order valence-electron chi connectivity index (χ2n) is 10.2. The third kappa shape index (κ3) is 4.40. The maximum atomic E-state index is 13.4. The van der Waals surface area contributed by atoms with Gasteiger partial charge in [0, 0.05) is 37.0 Å². The number of nitrogens with zero attached hydrogens (tertiary/aromatic N) is 5. The molecule has 1 aromatic carbocycles. The number of rotatable bonds is 7. The number of fused-ring (bicyclic) bond motifs is 2. The van der Waals surface area contributed by atoms with Crippen molar-refractivity contribution in [3.05, 3.63) is 69.8 Å². The van der Waals surface area contributed by atoms with Crippen molar-refractivity contribution in [3.8, 4) is 5.82 Å². The van der Waals surface area contributed by atoms with Crippen molar-refractivity contribution >= 4 is 22.7 Å². The number of aromatic nitrogens is 5. The Bertz CT molecular complexity index is 1470. The number of hydrogen-bond donors (Lipinski definition) is 2. The smallest absolute Gasteiger partial charge is 0.278 e. The summed E-state index contributed by atoms with van der Waals surface area (Å²) in [4.78, 5) is 27.6. The minimum Gasteiger partial charge on any atom is -0.384 e. The highest BCUT2D eigenvalue weighted by molar-refractivity contribution is 5.77. The molecule has 0 bridgehead atoms. The van der Waals surface area contributed by atoms with E-state index in [9.17, 15) is 4.79 Å². The van der Waals surface area contributed by atoms with Crippen LogP contribution in [-0.2, 0) is 23.1 Å². The van der Waals surface area contributed by atoms with Crippen LogP contribution in [0.1, 0.15) is 50.6 Å². The monoisotopic (exact) mass is 487 g/mol. The fourth-order valence-electron chi connectivity index (χ4n) is 4.79. The van der Waals surface area contributed by atoms with E-state index >= 15 is 0 Å². The fraction of sp³-hybridized carbons (Fsp3) is 0.407. The Morgan fingerprint density at radius 3 is 2.78 bits per heavy atom. The Morgan fingerprint density at radius 1 is 1.17 bits per heavy atom. The maximum absolute atomic E-state index is 13.4. The van der Waals surface area contributed by atoms with Gasteiger partial charge in [-0.1, -0.05) is 26.0 Å². The SMILES string of the molecule is COCC(C)(C)c1cccc(-n2c3nc(Nc4ccc5c(c4)CNCC5)ncc3c(=O)n2C(C)C)n1. The molecule has 0 saturated heterocycles. The minimum absolute atomic E-state index is 0.103. The average molecular weight is 488 g/mol. The normalized spacial score (nSPS) is 13.8. The summed E-state index contributed by atoms with van der Waals surface area (Å²) in [5, 5.41) is 7.18. The van der Waals surface area contributed by atoms with E-state index in [1.54, 1.807) is 22.7 Å². The lowest BCUT2D eigenvalue weighted by Crippen LogP contribution is -2.27. The molecule has 4 aromatic rings. The molecule has 36 heavy (non-hydrogen) atoms. The summed E-state index contributed by atoms with van der Waals surface area (Å²) in [5.41, 5.74) is 4.50. The molecule has 0 saturated carbocycles. The average Bonchev–Trinajstić information content (AvgIpc) is 3.16. The predicted molar refractivity (Wildman–Crippen MR) is 141 cm³/mol. The second kappa shape index (κ2) is 9.48. The summed E-state index contributed by atoms with van der Waals surface area (Å²) in [6.45, 7) is 10.5. The summed E-state index contributed by atoms with van der Waals surface area (Å²) in [5.74, 6) is 1.05. The minimum atomic E-state index is -0.292. The first-order chi connectivity index (χ1) is 17.3. The van der Waals surface area contributed by atoms with Crippen LogP contribution in [0.2, 0.25) is 0 Å². The van der Waals surface area contributed by atoms with Crippen LogP contribution >= 0.6 is 0 Å². The van der Waals surface area contributed by atoms with Crippen LogP contribution in [-0.4, -0.2) is 44.6 Å². The van der Waals surface area contributed by atoms with Crippen molar-refractivity contribution in [2.75, 3.05) is 25.6 Å². The lowest BCUT2D eigenvalue weighted by molar-refractivity contribution is 0.144. The molecule has 1 aliphatic heterocycles. The Morgan fingerprint density at radius 2 is 2.00 bits per heavy atom. The highest BCUT2D eigenvalue weighted by atomic mass is 16.5. The lowest BCUT2D eigenvalue weighted by Gasteiger charge is -2.24. The molecule has 9 nitrogen and oxygen atoms in total. The quantitative estimate of drug-likeness (QED) is 0.408. The van der Waals surface area contributed by atoms with Gasteiger partial charge in [-0.3, -0.25) is 4.79 Å². The number of nitrogens with one attached hydrogen (secondary N) is 2. The van der Waals surface area contributed by atoms with Crippen LogP contribution in [0, 0.1) is 0 Å². The molecule has 0 unspecified atom stereocenters. The number of ether oxygens (including phenoxy) is 1. The van der Waals surface area contributed by atoms with E-state index in [4.69, 9.17) is 14.7 Å². The van der Waals surface area contributed by atoms with Gasteiger partial charge >= 0.3 is 0 Å². The van der Waals surface area contributed by atoms with E-state index in [0.29, 0.717) is 29.4 Å². The second-order valence-corrected chi connectivity index (χ2v) is 10.2. The van der Waals surface area contributed by atoms with Crippen molar-refractivity contribution in [1.82, 2.24) is 29.6 Å². The number of hydrogen-bond acceptors (Lipinski definition) is 7. The van der Waals surface area contributed by atoms with E-state index in [-0.39, 0.29) is 17.0 Å². The summed E-state index contributed by atoms with van der Waals surface area (Å²) < 4.78 is 8.90. The van der Waals surface area contributed by atoms with Crippen molar-refractivity contribution in [1.29, 1.82) is 0 Å². The van der Waals surface area contributed by atoms with Gasteiger partial charge in [0.15, 0.2) is 11.5 Å². The molecule has 0 atom stereocenters. The first-order valence-corrected chi connectivity index (χ1v) is 12.3. The zero-order valence-electron chi connectivity index (χ0n) is 21.5. The maximum Gasteiger partial charge on any atom is 0.278 e. The predicted octanol–water partition coefficient (Wildman–Crippen LogP) is 3.87. The molecule has 9 heteroatoms. The van der Waals surface area contributed by atoms with E-state index in [0.717, 1.165) is 30.9 Å². The lowest BCUT2D eigenvalue weighted by atomic mass is 9.90. The standard InChI is InChI=1S/C27H33N7O2/c1-17(2)33-25(35)21-15-29-26(30-20-10-9-18-11-12-28-14-19(18)13-20)32-24(21)34(33)23-8-6-7-22(31-23)27(3,4)16-36-5/h6-10,13,15,17,28H,11-12,14,16H2,1-5H3,(H,29,30,32). The van der Waals surface area contributed by atoms with Gasteiger partial charge in [-0.05, 0) is 62.2 Å². The van der Waals surface area contributed by atoms with Crippen LogP contribution in [0.15, 0.2) is 47.4 Å². The topological polar surface area (TPSA) is 98.9 Å². The highest BCUT2D eigenvalue weighted by Gasteiger charge is 2.25. The Balaban J connectivity index is 1.61. The first kappa shape index (κ1) is 24.1. The molecule has 188 valence electrons. The van der Waals surface area contributed by atoms with Crippen molar-refractivity contribution in [3.63, 3.8) is 0 Å². The van der Waals surface area contributed by atoms with E-state index < -0.39 is 0 Å². The van der Waals surface area contributed by atoms with Crippen molar-refractivity contribution < 1.29 is 4.74 Å². The molecule has 1 aliphatic rings. The summed E-state index contributed by atoms with van der Waals surface area (Å²) in [7, 11) is 1.69. The molecule has 2 N–H and O–H groups in total. The van der Waals surface area contributed by atoms with Crippen LogP contribution < -0.4 is 16.2 Å². The van der Waals surface area contributed by atoms with E-state index in [1.165, 1.54) is 11.1 Å². The van der Waals surface area contributed by atoms with E-state index in [1.807, 2.05) is 38.1 Å². The summed E-state index contributed by atoms with van der Waals surface area (Å²) in [6, 6.07) is 12.1. The van der Waals surface area contributed by atoms with Gasteiger partial charge < -0.3 is 15.4 Å². The zero-order chi connectivity index (χ0) is 25.4. The molecule has 0 radical (unpaired) electrons. The molecular formula is C27H33N7O2. The van der Waals surface area contributed by atoms with Gasteiger partial charge in [0.2, 0.25) is 5.95 Å². The summed E-state index contributed by atoms with van der Waals surface area (Å²) in [6.07, 6.45) is 2.63. The largest absolute Gasteiger partial charge is 0.384 e. The molecule has 0 amide bonds. The van der Waals surface area contributed by atoms with Gasteiger partial charge in [0.05, 0.1) is 12.3 Å². The Labute approximate surface area is 210 Å². The van der Waals surface area contributed by atoms with Crippen LogP contribution in [0.3, 0.4) is 0 Å². The van der Waals surface area contributed by atoms with Gasteiger partial charge in [0.25, 0.3) is 5.56 Å². The van der Waals surface area contributed by atoms with Crippen molar-refractivity contribution in [2.24, 2.45) is 0 Å². The van der Waals surface area contributed by atoms with E-state index in [2.05, 4.69) is 41.6 Å². The van der Waals surface area contributed by atoms with Crippen LogP contribution in [0.4, 0.5) is 11.6 Å². The summed E-state index contributed by atoms with van der Waals surface area (Å²) >= 11 is 0. The fourth-order valence-corrected chi connectivity index (χ4v) is 4.79. The Kier molecular flexibility index (Phi) is 6.36. The van der Waals surface area contributed by atoms with Gasteiger partial charge in [0.1, 0.15) is 5.39 Å². The third-order valence-electron chi connectivity index (χ3n) is 6.61. The number of anilines is 2. The van der Waals surface area contributed by atoms with Crippen LogP contribution in [0.25, 0.3) is 16.9 Å². The van der Waals surface area contributed by atoms with Gasteiger partial charge in [-0.2, -0.15) is 4.98 Å². The third-order valence-corrected chi connectivity index (χ3v) is 6.61. The van der Waals surface area contributed by atoms with Crippen molar-refractivity contribution in [2.45, 2.75) is 52.1 Å². The number of methoxy groups -OCH3 is 1. The molecule has 0 spiro atoms. The zero-order valence-corrected chi connectivity index (χ0v) is 21.5. The molecule has 0 aliphatic carbocycles. The van der Waals surface area contributed by atoms with Gasteiger partial charge in [-0.25, -0.2) is 19.3 Å². The van der Waals surface area contributed by atoms with Gasteiger partial charge in [-0.15, -0.1) is 0 Å². The first-order valence-electron chi connectivity index (χ1n) is 12.3.